The first-order valence-corrected chi connectivity index (χ1v) is 6.24. The maximum Gasteiger partial charge on any atom is 0.339 e. The van der Waals surface area contributed by atoms with Crippen LogP contribution in [0.3, 0.4) is 0 Å². The smallest absolute Gasteiger partial charge is 0.339 e. The van der Waals surface area contributed by atoms with Crippen LogP contribution in [0.25, 0.3) is 0 Å². The van der Waals surface area contributed by atoms with E-state index in [1.807, 2.05) is 13.0 Å². The minimum absolute atomic E-state index is 0.0312. The van der Waals surface area contributed by atoms with Gasteiger partial charge in [-0.1, -0.05) is 17.7 Å². The number of hydrogen-bond donors (Lipinski definition) is 1. The van der Waals surface area contributed by atoms with Gasteiger partial charge in [0.1, 0.15) is 22.8 Å². The number of aryl methyl sites for hydroxylation is 1. The summed E-state index contributed by atoms with van der Waals surface area (Å²) in [7, 11) is 1.47. The zero-order valence-electron chi connectivity index (χ0n) is 11.0. The quantitative estimate of drug-likeness (QED) is 0.920. The first-order chi connectivity index (χ1) is 9.51. The van der Waals surface area contributed by atoms with E-state index >= 15 is 0 Å². The van der Waals surface area contributed by atoms with E-state index in [0.717, 1.165) is 5.56 Å². The summed E-state index contributed by atoms with van der Waals surface area (Å²) < 4.78 is 10.7. The van der Waals surface area contributed by atoms with Gasteiger partial charge in [-0.3, -0.25) is 0 Å². The van der Waals surface area contributed by atoms with Crippen molar-refractivity contribution in [2.45, 2.75) is 6.92 Å². The zero-order chi connectivity index (χ0) is 14.7. The van der Waals surface area contributed by atoms with Crippen LogP contribution >= 0.6 is 11.6 Å². The highest BCUT2D eigenvalue weighted by atomic mass is 35.5. The lowest BCUT2D eigenvalue weighted by atomic mass is 10.2. The van der Waals surface area contributed by atoms with Crippen LogP contribution < -0.4 is 9.47 Å². The van der Waals surface area contributed by atoms with Crippen LogP contribution in [0, 0.1) is 6.92 Å². The lowest BCUT2D eigenvalue weighted by molar-refractivity contribution is 0.0693. The van der Waals surface area contributed by atoms with Crippen molar-refractivity contribution in [2.75, 3.05) is 7.11 Å². The van der Waals surface area contributed by atoms with Crippen molar-refractivity contribution in [3.63, 3.8) is 0 Å². The minimum atomic E-state index is -1.08. The van der Waals surface area contributed by atoms with Crippen LogP contribution in [-0.2, 0) is 0 Å². The van der Waals surface area contributed by atoms with E-state index < -0.39 is 5.97 Å². The molecule has 0 saturated carbocycles. The molecule has 2 aromatic carbocycles. The van der Waals surface area contributed by atoms with E-state index in [9.17, 15) is 9.90 Å². The van der Waals surface area contributed by atoms with Crippen LogP contribution in [0.5, 0.6) is 17.2 Å². The fourth-order valence-electron chi connectivity index (χ4n) is 1.69. The summed E-state index contributed by atoms with van der Waals surface area (Å²) in [6.45, 7) is 1.86. The summed E-state index contributed by atoms with van der Waals surface area (Å²) in [4.78, 5) is 11.3. The molecule has 0 spiro atoms. The molecule has 0 amide bonds. The topological polar surface area (TPSA) is 55.8 Å². The van der Waals surface area contributed by atoms with Crippen LogP contribution in [0.15, 0.2) is 36.4 Å². The predicted molar refractivity (Wildman–Crippen MR) is 76.2 cm³/mol. The molecule has 2 aromatic rings. The van der Waals surface area contributed by atoms with Gasteiger partial charge >= 0.3 is 5.97 Å². The molecular formula is C15H13ClO4. The van der Waals surface area contributed by atoms with Gasteiger partial charge in [-0.05, 0) is 42.8 Å². The lowest BCUT2D eigenvalue weighted by Gasteiger charge is -2.12. The Bertz CT molecular complexity index is 652. The molecule has 0 saturated heterocycles. The molecule has 0 unspecified atom stereocenters. The molecule has 0 fully saturated rings. The Labute approximate surface area is 121 Å². The zero-order valence-corrected chi connectivity index (χ0v) is 11.8. The Hall–Kier alpha value is -2.20. The van der Waals surface area contributed by atoms with Gasteiger partial charge in [-0.15, -0.1) is 0 Å². The van der Waals surface area contributed by atoms with E-state index in [0.29, 0.717) is 16.5 Å². The summed E-state index contributed by atoms with van der Waals surface area (Å²) in [5.74, 6) is 0.130. The molecule has 2 rings (SSSR count). The second-order valence-electron chi connectivity index (χ2n) is 4.18. The average Bonchev–Trinajstić information content (AvgIpc) is 2.43. The average molecular weight is 293 g/mol. The van der Waals surface area contributed by atoms with E-state index in [1.54, 1.807) is 24.3 Å². The third kappa shape index (κ3) is 3.03. The molecule has 0 heterocycles. The van der Waals surface area contributed by atoms with Crippen LogP contribution in [0.2, 0.25) is 5.02 Å². The largest absolute Gasteiger partial charge is 0.497 e. The van der Waals surface area contributed by atoms with Gasteiger partial charge < -0.3 is 14.6 Å². The third-order valence-corrected chi connectivity index (χ3v) is 3.02. The number of aromatic carboxylic acids is 1. The Morgan fingerprint density at radius 2 is 1.90 bits per heavy atom. The SMILES string of the molecule is COc1ccc(Oc2cc(Cl)ccc2C)c(C(=O)O)c1. The second-order valence-corrected chi connectivity index (χ2v) is 4.62. The normalized spacial score (nSPS) is 10.2. The van der Waals surface area contributed by atoms with Gasteiger partial charge in [0.15, 0.2) is 0 Å². The number of carbonyl (C=O) groups is 1. The van der Waals surface area contributed by atoms with Crippen LogP contribution in [0.1, 0.15) is 15.9 Å². The van der Waals surface area contributed by atoms with E-state index in [-0.39, 0.29) is 11.3 Å². The summed E-state index contributed by atoms with van der Waals surface area (Å²) in [6, 6.07) is 9.81. The highest BCUT2D eigenvalue weighted by molar-refractivity contribution is 6.30. The van der Waals surface area contributed by atoms with E-state index in [4.69, 9.17) is 21.1 Å². The van der Waals surface area contributed by atoms with Crippen LogP contribution in [0.4, 0.5) is 0 Å². The molecule has 0 aromatic heterocycles. The third-order valence-electron chi connectivity index (χ3n) is 2.79. The molecule has 0 aliphatic carbocycles. The van der Waals surface area contributed by atoms with Crippen molar-refractivity contribution in [3.8, 4) is 17.2 Å². The molecule has 4 nitrogen and oxygen atoms in total. The lowest BCUT2D eigenvalue weighted by Crippen LogP contribution is -2.01. The van der Waals surface area contributed by atoms with Gasteiger partial charge in [0.25, 0.3) is 0 Å². The maximum absolute atomic E-state index is 11.3. The van der Waals surface area contributed by atoms with Gasteiger partial charge in [-0.25, -0.2) is 4.79 Å². The number of hydrogen-bond acceptors (Lipinski definition) is 3. The molecule has 0 bridgehead atoms. The number of carboxylic acids is 1. The Morgan fingerprint density at radius 3 is 2.55 bits per heavy atom. The standard InChI is InChI=1S/C15H13ClO4/c1-9-3-4-10(16)7-14(9)20-13-6-5-11(19-2)8-12(13)15(17)18/h3-8H,1-2H3,(H,17,18). The van der Waals surface area contributed by atoms with Crippen molar-refractivity contribution in [1.82, 2.24) is 0 Å². The van der Waals surface area contributed by atoms with Gasteiger partial charge in [0.2, 0.25) is 0 Å². The number of ether oxygens (including phenoxy) is 2. The molecule has 0 atom stereocenters. The first-order valence-electron chi connectivity index (χ1n) is 5.86. The minimum Gasteiger partial charge on any atom is -0.497 e. The van der Waals surface area contributed by atoms with Crippen molar-refractivity contribution < 1.29 is 19.4 Å². The Kier molecular flexibility index (Phi) is 4.15. The summed E-state index contributed by atoms with van der Waals surface area (Å²) in [5, 5.41) is 9.75. The molecule has 0 aliphatic heterocycles. The molecular weight excluding hydrogens is 280 g/mol. The molecule has 1 N–H and O–H groups in total. The van der Waals surface area contributed by atoms with Crippen LogP contribution in [-0.4, -0.2) is 18.2 Å². The monoisotopic (exact) mass is 292 g/mol. The van der Waals surface area contributed by atoms with Gasteiger partial charge in [0, 0.05) is 5.02 Å². The molecule has 104 valence electrons. The first kappa shape index (κ1) is 14.2. The second kappa shape index (κ2) is 5.84. The number of carboxylic acid groups (broad SMARTS) is 1. The van der Waals surface area contributed by atoms with Gasteiger partial charge in [0.05, 0.1) is 7.11 Å². The fraction of sp³-hybridized carbons (Fsp3) is 0.133. The van der Waals surface area contributed by atoms with Gasteiger partial charge in [-0.2, -0.15) is 0 Å². The van der Waals surface area contributed by atoms with Crippen molar-refractivity contribution in [1.29, 1.82) is 0 Å². The summed E-state index contributed by atoms with van der Waals surface area (Å²) >= 11 is 5.92. The fourth-order valence-corrected chi connectivity index (χ4v) is 1.86. The van der Waals surface area contributed by atoms with E-state index in [1.165, 1.54) is 13.2 Å². The predicted octanol–water partition coefficient (Wildman–Crippen LogP) is 4.15. The molecule has 0 radical (unpaired) electrons. The summed E-state index contributed by atoms with van der Waals surface area (Å²) in [5.41, 5.74) is 0.894. The van der Waals surface area contributed by atoms with Crippen molar-refractivity contribution >= 4 is 17.6 Å². The van der Waals surface area contributed by atoms with Crippen molar-refractivity contribution in [2.24, 2.45) is 0 Å². The van der Waals surface area contributed by atoms with E-state index in [2.05, 4.69) is 0 Å². The molecule has 20 heavy (non-hydrogen) atoms. The molecule has 5 heteroatoms. The highest BCUT2D eigenvalue weighted by Gasteiger charge is 2.14. The number of methoxy groups -OCH3 is 1. The van der Waals surface area contributed by atoms with Crippen molar-refractivity contribution in [3.05, 3.63) is 52.5 Å². The molecule has 0 aliphatic rings. The highest BCUT2D eigenvalue weighted by Crippen LogP contribution is 2.32. The maximum atomic E-state index is 11.3. The Morgan fingerprint density at radius 1 is 1.15 bits per heavy atom. The number of benzene rings is 2. The number of rotatable bonds is 4. The Balaban J connectivity index is 2.42. The number of halogens is 1. The summed E-state index contributed by atoms with van der Waals surface area (Å²) in [6.07, 6.45) is 0.